The molecule has 9 aromatic rings. The molecular weight excluding hydrogens is 524 g/mol. The first-order valence-electron chi connectivity index (χ1n) is 14.6. The normalized spacial score (nSPS) is 11.7. The van der Waals surface area contributed by atoms with Crippen molar-refractivity contribution in [3.05, 3.63) is 158 Å². The molecule has 3 heteroatoms. The van der Waals surface area contributed by atoms with E-state index in [0.29, 0.717) is 0 Å². The fourth-order valence-corrected chi connectivity index (χ4v) is 6.61. The molecule has 0 unspecified atom stereocenters. The van der Waals surface area contributed by atoms with E-state index in [9.17, 15) is 0 Å². The van der Waals surface area contributed by atoms with Gasteiger partial charge in [-0.1, -0.05) is 91.0 Å². The monoisotopic (exact) mass is 550 g/mol. The zero-order valence-electron chi connectivity index (χ0n) is 23.3. The highest BCUT2D eigenvalue weighted by atomic mass is 16.3. The summed E-state index contributed by atoms with van der Waals surface area (Å²) in [6, 6.07) is 56.0. The Balaban J connectivity index is 1.31. The summed E-state index contributed by atoms with van der Waals surface area (Å²) in [5.74, 6) is 0. The van der Waals surface area contributed by atoms with Crippen LogP contribution in [0.25, 0.3) is 60.2 Å². The van der Waals surface area contributed by atoms with E-state index in [4.69, 9.17) is 4.42 Å². The number of para-hydroxylation sites is 4. The maximum atomic E-state index is 6.45. The van der Waals surface area contributed by atoms with Gasteiger partial charge in [-0.15, -0.1) is 0 Å². The largest absolute Gasteiger partial charge is 0.455 e. The van der Waals surface area contributed by atoms with Crippen LogP contribution in [0.5, 0.6) is 0 Å². The van der Waals surface area contributed by atoms with Crippen molar-refractivity contribution in [2.75, 3.05) is 4.90 Å². The highest BCUT2D eigenvalue weighted by Gasteiger charge is 2.18. The van der Waals surface area contributed by atoms with Gasteiger partial charge in [0.25, 0.3) is 0 Å². The summed E-state index contributed by atoms with van der Waals surface area (Å²) in [7, 11) is 0. The van der Waals surface area contributed by atoms with Crippen molar-refractivity contribution in [2.24, 2.45) is 0 Å². The first-order chi connectivity index (χ1) is 21.3. The minimum absolute atomic E-state index is 0.912. The van der Waals surface area contributed by atoms with Gasteiger partial charge in [0, 0.05) is 49.7 Å². The van der Waals surface area contributed by atoms with Gasteiger partial charge in [-0.3, -0.25) is 0 Å². The molecule has 0 aliphatic heterocycles. The van der Waals surface area contributed by atoms with Crippen molar-refractivity contribution < 1.29 is 4.42 Å². The van der Waals surface area contributed by atoms with Crippen LogP contribution in [0, 0.1) is 0 Å². The van der Waals surface area contributed by atoms with Crippen LogP contribution in [-0.4, -0.2) is 4.57 Å². The Labute approximate surface area is 248 Å². The number of aromatic nitrogens is 1. The van der Waals surface area contributed by atoms with Crippen molar-refractivity contribution in [2.45, 2.75) is 0 Å². The Bertz CT molecular complexity index is 2450. The van der Waals surface area contributed by atoms with Gasteiger partial charge in [0.2, 0.25) is 0 Å². The molecule has 9 rings (SSSR count). The van der Waals surface area contributed by atoms with Crippen molar-refractivity contribution >= 4 is 71.6 Å². The third kappa shape index (κ3) is 3.68. The van der Waals surface area contributed by atoms with Crippen LogP contribution in [0.15, 0.2) is 162 Å². The Hall–Kier alpha value is -5.80. The van der Waals surface area contributed by atoms with Gasteiger partial charge in [0.05, 0.1) is 11.0 Å². The smallest absolute Gasteiger partial charge is 0.143 e. The zero-order valence-corrected chi connectivity index (χ0v) is 23.3. The average molecular weight is 551 g/mol. The van der Waals surface area contributed by atoms with Crippen LogP contribution in [0.1, 0.15) is 0 Å². The van der Waals surface area contributed by atoms with E-state index >= 15 is 0 Å². The van der Waals surface area contributed by atoms with Gasteiger partial charge in [0.1, 0.15) is 11.2 Å². The molecule has 0 aliphatic carbocycles. The molecule has 7 aromatic carbocycles. The summed E-state index contributed by atoms with van der Waals surface area (Å²) in [4.78, 5) is 2.34. The van der Waals surface area contributed by atoms with Crippen LogP contribution < -0.4 is 4.90 Å². The SMILES string of the molecule is c1ccc(N(c2ccc3ccc4c5ccccc5oc4c3c2)c2ccc3c4ccccc4n(-c4ccccc4)c3c2)cc1. The fourth-order valence-electron chi connectivity index (χ4n) is 6.61. The minimum atomic E-state index is 0.912. The molecule has 0 saturated heterocycles. The lowest BCUT2D eigenvalue weighted by Gasteiger charge is -2.26. The molecule has 0 fully saturated rings. The predicted molar refractivity (Wildman–Crippen MR) is 180 cm³/mol. The lowest BCUT2D eigenvalue weighted by atomic mass is 10.0. The third-order valence-corrected chi connectivity index (χ3v) is 8.55. The molecule has 0 bridgehead atoms. The Morgan fingerprint density at radius 1 is 0.419 bits per heavy atom. The first kappa shape index (κ1) is 23.9. The number of benzene rings is 7. The molecule has 0 N–H and O–H groups in total. The molecular formula is C40H26N2O. The molecule has 0 aliphatic rings. The van der Waals surface area contributed by atoms with E-state index < -0.39 is 0 Å². The van der Waals surface area contributed by atoms with Crippen LogP contribution in [0.4, 0.5) is 17.1 Å². The van der Waals surface area contributed by atoms with Crippen LogP contribution in [0.2, 0.25) is 0 Å². The van der Waals surface area contributed by atoms with Crippen molar-refractivity contribution in [1.82, 2.24) is 4.57 Å². The van der Waals surface area contributed by atoms with Gasteiger partial charge in [0.15, 0.2) is 0 Å². The van der Waals surface area contributed by atoms with Crippen LogP contribution >= 0.6 is 0 Å². The van der Waals surface area contributed by atoms with E-state index in [1.165, 1.54) is 21.8 Å². The summed E-state index contributed by atoms with van der Waals surface area (Å²) in [6.07, 6.45) is 0. The van der Waals surface area contributed by atoms with Gasteiger partial charge in [-0.2, -0.15) is 0 Å². The van der Waals surface area contributed by atoms with E-state index in [1.54, 1.807) is 0 Å². The maximum Gasteiger partial charge on any atom is 0.143 e. The number of furan rings is 1. The quantitative estimate of drug-likeness (QED) is 0.217. The minimum Gasteiger partial charge on any atom is -0.455 e. The van der Waals surface area contributed by atoms with Crippen molar-refractivity contribution in [1.29, 1.82) is 0 Å². The summed E-state index contributed by atoms with van der Waals surface area (Å²) in [5.41, 5.74) is 8.62. The van der Waals surface area contributed by atoms with E-state index in [1.807, 2.05) is 12.1 Å². The topological polar surface area (TPSA) is 21.3 Å². The summed E-state index contributed by atoms with van der Waals surface area (Å²) in [5, 5.41) is 7.02. The Morgan fingerprint density at radius 2 is 1.05 bits per heavy atom. The zero-order chi connectivity index (χ0) is 28.3. The molecule has 202 valence electrons. The molecule has 0 radical (unpaired) electrons. The highest BCUT2D eigenvalue weighted by Crippen LogP contribution is 2.42. The van der Waals surface area contributed by atoms with Gasteiger partial charge >= 0.3 is 0 Å². The van der Waals surface area contributed by atoms with Gasteiger partial charge < -0.3 is 13.9 Å². The number of hydrogen-bond donors (Lipinski definition) is 0. The molecule has 2 aromatic heterocycles. The van der Waals surface area contributed by atoms with Crippen molar-refractivity contribution in [3.8, 4) is 5.69 Å². The first-order valence-corrected chi connectivity index (χ1v) is 14.6. The van der Waals surface area contributed by atoms with E-state index in [0.717, 1.165) is 55.5 Å². The Kier molecular flexibility index (Phi) is 5.20. The summed E-state index contributed by atoms with van der Waals surface area (Å²) >= 11 is 0. The predicted octanol–water partition coefficient (Wildman–Crippen LogP) is 11.3. The number of rotatable bonds is 4. The molecule has 0 spiro atoms. The summed E-state index contributed by atoms with van der Waals surface area (Å²) in [6.45, 7) is 0. The maximum absolute atomic E-state index is 6.45. The lowest BCUT2D eigenvalue weighted by molar-refractivity contribution is 0.672. The second-order valence-corrected chi connectivity index (χ2v) is 11.0. The number of anilines is 3. The van der Waals surface area contributed by atoms with Gasteiger partial charge in [-0.05, 0) is 72.1 Å². The van der Waals surface area contributed by atoms with Gasteiger partial charge in [-0.25, -0.2) is 0 Å². The lowest BCUT2D eigenvalue weighted by Crippen LogP contribution is -2.10. The molecule has 2 heterocycles. The Morgan fingerprint density at radius 3 is 1.91 bits per heavy atom. The molecule has 0 amide bonds. The third-order valence-electron chi connectivity index (χ3n) is 8.55. The highest BCUT2D eigenvalue weighted by molar-refractivity contribution is 6.16. The standard InChI is InChI=1S/C40H26N2O/c1-3-11-28(12-4-1)41(30-21-19-27-20-23-35-34-16-8-10-18-39(34)43-40(35)36(27)25-30)31-22-24-33-32-15-7-9-17-37(32)42(38(33)26-31)29-13-5-2-6-14-29/h1-26H. The average Bonchev–Trinajstić information content (AvgIpc) is 3.62. The number of fused-ring (bicyclic) bond motifs is 8. The second kappa shape index (κ2) is 9.37. The fraction of sp³-hybridized carbons (Fsp3) is 0. The molecule has 0 atom stereocenters. The molecule has 3 nitrogen and oxygen atoms in total. The molecule has 0 saturated carbocycles. The van der Waals surface area contributed by atoms with E-state index in [-0.39, 0.29) is 0 Å². The van der Waals surface area contributed by atoms with Crippen molar-refractivity contribution in [3.63, 3.8) is 0 Å². The van der Waals surface area contributed by atoms with Crippen LogP contribution in [-0.2, 0) is 0 Å². The summed E-state index contributed by atoms with van der Waals surface area (Å²) < 4.78 is 8.82. The second-order valence-electron chi connectivity index (χ2n) is 11.0. The number of nitrogens with zero attached hydrogens (tertiary/aromatic N) is 2. The number of hydrogen-bond acceptors (Lipinski definition) is 2. The van der Waals surface area contributed by atoms with Crippen LogP contribution in [0.3, 0.4) is 0 Å². The van der Waals surface area contributed by atoms with E-state index in [2.05, 4.69) is 155 Å². The molecule has 43 heavy (non-hydrogen) atoms.